The van der Waals surface area contributed by atoms with Crippen LogP contribution in [0.4, 0.5) is 0 Å². The summed E-state index contributed by atoms with van der Waals surface area (Å²) < 4.78 is 28.3. The molecule has 1 saturated heterocycles. The molecule has 1 rings (SSSR count). The Balaban J connectivity index is 2.71. The summed E-state index contributed by atoms with van der Waals surface area (Å²) in [5.41, 5.74) is 0. The number of aliphatic hydroxyl groups excluding tert-OH is 2. The minimum atomic E-state index is -1.90. The summed E-state index contributed by atoms with van der Waals surface area (Å²) in [6.45, 7) is 5.84. The van der Waals surface area contributed by atoms with Crippen molar-refractivity contribution in [2.75, 3.05) is 13.2 Å². The van der Waals surface area contributed by atoms with E-state index in [2.05, 4.69) is 57.2 Å². The van der Waals surface area contributed by atoms with E-state index in [4.69, 9.17) is 23.7 Å². The third kappa shape index (κ3) is 36.5. The lowest BCUT2D eigenvalue weighted by molar-refractivity contribution is -0.301. The second kappa shape index (κ2) is 46.0. The summed E-state index contributed by atoms with van der Waals surface area (Å²) in [5.74, 6) is -3.14. The SMILES string of the molecule is CC/C=C\C/C=C\C/C=C\CCCCCC(=O)OC(COC(=O)CCCCCCCCCCCCCCCCC)COC1OC(C(=O)O)C(O)C(O)C1OC(=O)CCCCCCCCCCCCC. The number of carbonyl (C=O) groups excluding carboxylic acids is 3. The summed E-state index contributed by atoms with van der Waals surface area (Å²) >= 11 is 0. The number of aliphatic hydroxyl groups is 2. The maximum Gasteiger partial charge on any atom is 0.335 e. The van der Waals surface area contributed by atoms with E-state index in [1.54, 1.807) is 0 Å². The van der Waals surface area contributed by atoms with Gasteiger partial charge >= 0.3 is 23.9 Å². The molecule has 0 aliphatic carbocycles. The number of rotatable bonds is 47. The summed E-state index contributed by atoms with van der Waals surface area (Å²) in [5, 5.41) is 31.4. The highest BCUT2D eigenvalue weighted by atomic mass is 16.7. The number of carbonyl (C=O) groups is 4. The Morgan fingerprint density at radius 3 is 1.39 bits per heavy atom. The molecule has 12 nitrogen and oxygen atoms in total. The Hall–Kier alpha value is -3.06. The molecular weight excluding hydrogens is 877 g/mol. The minimum Gasteiger partial charge on any atom is -0.479 e. The van der Waals surface area contributed by atoms with Gasteiger partial charge in [-0.25, -0.2) is 4.79 Å². The van der Waals surface area contributed by atoms with Crippen LogP contribution in [0.2, 0.25) is 0 Å². The zero-order valence-electron chi connectivity index (χ0n) is 43.8. The van der Waals surface area contributed by atoms with E-state index < -0.39 is 67.3 Å². The molecule has 12 heteroatoms. The van der Waals surface area contributed by atoms with Gasteiger partial charge in [-0.15, -0.1) is 0 Å². The molecule has 3 N–H and O–H groups in total. The normalized spacial score (nSPS) is 18.9. The molecule has 0 spiro atoms. The Labute approximate surface area is 419 Å². The fourth-order valence-electron chi connectivity index (χ4n) is 8.44. The monoisotopic (exact) mass is 977 g/mol. The van der Waals surface area contributed by atoms with Gasteiger partial charge in [-0.3, -0.25) is 14.4 Å². The number of hydrogen-bond donors (Lipinski definition) is 3. The van der Waals surface area contributed by atoms with Crippen molar-refractivity contribution in [1.29, 1.82) is 0 Å². The summed E-state index contributed by atoms with van der Waals surface area (Å²) in [7, 11) is 0. The largest absolute Gasteiger partial charge is 0.479 e. The zero-order chi connectivity index (χ0) is 50.4. The molecule has 0 radical (unpaired) electrons. The average molecular weight is 977 g/mol. The van der Waals surface area contributed by atoms with E-state index in [1.165, 1.54) is 109 Å². The molecule has 6 atom stereocenters. The first-order chi connectivity index (χ1) is 33.6. The quantitative estimate of drug-likeness (QED) is 0.0228. The maximum atomic E-state index is 13.1. The van der Waals surface area contributed by atoms with Crippen molar-refractivity contribution in [3.8, 4) is 0 Å². The van der Waals surface area contributed by atoms with Crippen LogP contribution in [-0.2, 0) is 42.9 Å². The summed E-state index contributed by atoms with van der Waals surface area (Å²) in [6.07, 6.45) is 39.9. The molecule has 1 aliphatic heterocycles. The highest BCUT2D eigenvalue weighted by Crippen LogP contribution is 2.26. The Kier molecular flexibility index (Phi) is 42.7. The Morgan fingerprint density at radius 1 is 0.493 bits per heavy atom. The molecule has 0 aromatic carbocycles. The van der Waals surface area contributed by atoms with E-state index in [9.17, 15) is 34.5 Å². The lowest BCUT2D eigenvalue weighted by Crippen LogP contribution is -2.61. The van der Waals surface area contributed by atoms with Gasteiger partial charge < -0.3 is 39.0 Å². The van der Waals surface area contributed by atoms with Crippen LogP contribution >= 0.6 is 0 Å². The average Bonchev–Trinajstić information content (AvgIpc) is 3.33. The number of aliphatic carboxylic acids is 1. The lowest BCUT2D eigenvalue weighted by Gasteiger charge is -2.40. The Bertz CT molecular complexity index is 1350. The molecule has 69 heavy (non-hydrogen) atoms. The van der Waals surface area contributed by atoms with Crippen LogP contribution in [0.1, 0.15) is 252 Å². The van der Waals surface area contributed by atoms with E-state index in [0.29, 0.717) is 19.3 Å². The number of unbranched alkanes of at least 4 members (excludes halogenated alkanes) is 27. The van der Waals surface area contributed by atoms with Crippen LogP contribution < -0.4 is 0 Å². The molecule has 0 amide bonds. The predicted octanol–water partition coefficient (Wildman–Crippen LogP) is 13.7. The first-order valence-corrected chi connectivity index (χ1v) is 28.0. The topological polar surface area (TPSA) is 175 Å². The van der Waals surface area contributed by atoms with Gasteiger partial charge in [0.2, 0.25) is 0 Å². The van der Waals surface area contributed by atoms with Crippen LogP contribution in [0.5, 0.6) is 0 Å². The minimum absolute atomic E-state index is 0.0613. The van der Waals surface area contributed by atoms with Crippen molar-refractivity contribution in [1.82, 2.24) is 0 Å². The number of carboxylic acid groups (broad SMARTS) is 1. The molecule has 0 aromatic rings. The molecule has 1 aliphatic rings. The van der Waals surface area contributed by atoms with Gasteiger partial charge in [0.05, 0.1) is 6.61 Å². The van der Waals surface area contributed by atoms with Gasteiger partial charge in [-0.1, -0.05) is 218 Å². The van der Waals surface area contributed by atoms with Crippen molar-refractivity contribution in [3.63, 3.8) is 0 Å². The highest BCUT2D eigenvalue weighted by Gasteiger charge is 2.50. The van der Waals surface area contributed by atoms with Gasteiger partial charge in [0.1, 0.15) is 18.8 Å². The molecule has 0 saturated carbocycles. The van der Waals surface area contributed by atoms with E-state index in [-0.39, 0.29) is 25.9 Å². The smallest absolute Gasteiger partial charge is 0.335 e. The van der Waals surface area contributed by atoms with Crippen LogP contribution in [0.3, 0.4) is 0 Å². The van der Waals surface area contributed by atoms with Crippen molar-refractivity contribution < 1.29 is 58.2 Å². The fraction of sp³-hybridized carbons (Fsp3) is 0.825. The number of esters is 3. The van der Waals surface area contributed by atoms with E-state index >= 15 is 0 Å². The van der Waals surface area contributed by atoms with Gasteiger partial charge in [-0.2, -0.15) is 0 Å². The van der Waals surface area contributed by atoms with Crippen molar-refractivity contribution in [2.45, 2.75) is 289 Å². The van der Waals surface area contributed by atoms with Gasteiger partial charge in [0, 0.05) is 19.3 Å². The van der Waals surface area contributed by atoms with E-state index in [0.717, 1.165) is 83.5 Å². The van der Waals surface area contributed by atoms with Crippen molar-refractivity contribution >= 4 is 23.9 Å². The predicted molar refractivity (Wildman–Crippen MR) is 276 cm³/mol. The van der Waals surface area contributed by atoms with Gasteiger partial charge in [0.15, 0.2) is 24.6 Å². The van der Waals surface area contributed by atoms with Gasteiger partial charge in [0.25, 0.3) is 0 Å². The Morgan fingerprint density at radius 2 is 0.913 bits per heavy atom. The first-order valence-electron chi connectivity index (χ1n) is 28.0. The molecule has 1 fully saturated rings. The standard InChI is InChI=1S/C57H100O12/c1-4-7-10-13-16-19-22-24-25-27-29-31-34-37-40-43-49(58)65-46-48(67-50(59)44-41-38-35-33-30-26-23-20-17-14-11-8-5-2)47-66-57-55(53(62)52(61)54(69-57)56(63)64)68-51(60)45-42-39-36-32-28-21-18-15-12-9-6-3/h8,11,17,20,26,30,48,52-55,57,61-62H,4-7,9-10,12-16,18-19,21-25,27-29,31-47H2,1-3H3,(H,63,64)/b11-8-,20-17-,30-26-. The van der Waals surface area contributed by atoms with Crippen molar-refractivity contribution in [3.05, 3.63) is 36.5 Å². The molecule has 6 unspecified atom stereocenters. The zero-order valence-corrected chi connectivity index (χ0v) is 43.8. The molecular formula is C57H100O12. The van der Waals surface area contributed by atoms with Crippen LogP contribution in [0, 0.1) is 0 Å². The van der Waals surface area contributed by atoms with E-state index in [1.807, 2.05) is 0 Å². The molecule has 1 heterocycles. The van der Waals surface area contributed by atoms with Crippen LogP contribution in [0.15, 0.2) is 36.5 Å². The highest BCUT2D eigenvalue weighted by molar-refractivity contribution is 5.74. The van der Waals surface area contributed by atoms with Crippen molar-refractivity contribution in [2.24, 2.45) is 0 Å². The molecule has 0 bridgehead atoms. The second-order valence-corrected chi connectivity index (χ2v) is 19.2. The summed E-state index contributed by atoms with van der Waals surface area (Å²) in [4.78, 5) is 50.9. The number of allylic oxidation sites excluding steroid dienone is 6. The third-order valence-electron chi connectivity index (χ3n) is 12.7. The molecule has 400 valence electrons. The third-order valence-corrected chi connectivity index (χ3v) is 12.7. The fourth-order valence-corrected chi connectivity index (χ4v) is 8.44. The second-order valence-electron chi connectivity index (χ2n) is 19.2. The van der Waals surface area contributed by atoms with Gasteiger partial charge in [-0.05, 0) is 51.4 Å². The number of hydrogen-bond acceptors (Lipinski definition) is 11. The summed E-state index contributed by atoms with van der Waals surface area (Å²) in [6, 6.07) is 0. The molecule has 0 aromatic heterocycles. The first kappa shape index (κ1) is 64.0. The number of ether oxygens (including phenoxy) is 5. The van der Waals surface area contributed by atoms with Crippen LogP contribution in [-0.4, -0.2) is 89.2 Å². The maximum absolute atomic E-state index is 13.1. The van der Waals surface area contributed by atoms with Crippen LogP contribution in [0.25, 0.3) is 0 Å². The lowest BCUT2D eigenvalue weighted by atomic mass is 9.98. The number of carboxylic acids is 1.